The fourth-order valence-electron chi connectivity index (χ4n) is 3.87. The smallest absolute Gasteiger partial charge is 0.251 e. The standard InChI is InChI=1S/C19H23N3O4/c1-20-17(25)13-6-5-7-14(10-13)21-15(23)12-22-16(24)11-19(18(22)26)8-3-2-4-9-19/h5-7,10H,2-4,8-9,11-12H2,1H3,(H,20,25)(H,21,23). The molecule has 0 aromatic heterocycles. The van der Waals surface area contributed by atoms with E-state index in [0.29, 0.717) is 11.3 Å². The van der Waals surface area contributed by atoms with Gasteiger partial charge in [-0.15, -0.1) is 0 Å². The number of hydrogen-bond donors (Lipinski definition) is 2. The Morgan fingerprint density at radius 3 is 2.58 bits per heavy atom. The Morgan fingerprint density at radius 2 is 1.88 bits per heavy atom. The first-order valence-corrected chi connectivity index (χ1v) is 8.92. The molecule has 0 bridgehead atoms. The lowest BCUT2D eigenvalue weighted by Crippen LogP contribution is -2.41. The van der Waals surface area contributed by atoms with Gasteiger partial charge >= 0.3 is 0 Å². The largest absolute Gasteiger partial charge is 0.355 e. The number of likely N-dealkylation sites (tertiary alicyclic amines) is 1. The molecule has 2 fully saturated rings. The number of benzene rings is 1. The first-order valence-electron chi connectivity index (χ1n) is 8.92. The lowest BCUT2D eigenvalue weighted by molar-refractivity contribution is -0.144. The maximum atomic E-state index is 12.7. The third-order valence-corrected chi connectivity index (χ3v) is 5.24. The van der Waals surface area contributed by atoms with Gasteiger partial charge in [-0.2, -0.15) is 0 Å². The molecular weight excluding hydrogens is 334 g/mol. The predicted octanol–water partition coefficient (Wildman–Crippen LogP) is 1.69. The van der Waals surface area contributed by atoms with Crippen LogP contribution in [0.1, 0.15) is 48.9 Å². The molecule has 0 atom stereocenters. The van der Waals surface area contributed by atoms with Crippen molar-refractivity contribution in [3.63, 3.8) is 0 Å². The molecule has 1 aliphatic carbocycles. The second-order valence-corrected chi connectivity index (χ2v) is 7.01. The topological polar surface area (TPSA) is 95.6 Å². The van der Waals surface area contributed by atoms with Crippen LogP contribution < -0.4 is 10.6 Å². The van der Waals surface area contributed by atoms with Crippen LogP contribution in [0.2, 0.25) is 0 Å². The molecule has 2 N–H and O–H groups in total. The summed E-state index contributed by atoms with van der Waals surface area (Å²) in [6.45, 7) is -0.288. The van der Waals surface area contributed by atoms with Crippen LogP contribution in [-0.2, 0) is 14.4 Å². The lowest BCUT2D eigenvalue weighted by Gasteiger charge is -2.30. The van der Waals surface area contributed by atoms with Crippen LogP contribution in [0.3, 0.4) is 0 Å². The number of anilines is 1. The summed E-state index contributed by atoms with van der Waals surface area (Å²) in [4.78, 5) is 50.1. The molecule has 138 valence electrons. The van der Waals surface area contributed by atoms with Crippen molar-refractivity contribution in [3.05, 3.63) is 29.8 Å². The minimum atomic E-state index is -0.589. The summed E-state index contributed by atoms with van der Waals surface area (Å²) in [5.41, 5.74) is 0.275. The summed E-state index contributed by atoms with van der Waals surface area (Å²) >= 11 is 0. The Kier molecular flexibility index (Phi) is 5.06. The molecule has 1 aromatic carbocycles. The number of nitrogens with one attached hydrogen (secondary N) is 2. The van der Waals surface area contributed by atoms with E-state index in [-0.39, 0.29) is 30.7 Å². The average Bonchev–Trinajstić information content (AvgIpc) is 2.86. The zero-order valence-electron chi connectivity index (χ0n) is 14.8. The van der Waals surface area contributed by atoms with Gasteiger partial charge in [0.05, 0.1) is 5.41 Å². The highest BCUT2D eigenvalue weighted by Crippen LogP contribution is 2.45. The number of nitrogens with zero attached hydrogens (tertiary/aromatic N) is 1. The first-order chi connectivity index (χ1) is 12.4. The van der Waals surface area contributed by atoms with Gasteiger partial charge in [-0.25, -0.2) is 0 Å². The summed E-state index contributed by atoms with van der Waals surface area (Å²) in [6, 6.07) is 6.49. The van der Waals surface area contributed by atoms with Crippen LogP contribution in [0.5, 0.6) is 0 Å². The van der Waals surface area contributed by atoms with Gasteiger partial charge in [0.25, 0.3) is 5.91 Å². The number of hydrogen-bond acceptors (Lipinski definition) is 4. The van der Waals surface area contributed by atoms with E-state index in [0.717, 1.165) is 37.0 Å². The fraction of sp³-hybridized carbons (Fsp3) is 0.474. The minimum Gasteiger partial charge on any atom is -0.355 e. The molecule has 0 radical (unpaired) electrons. The van der Waals surface area contributed by atoms with Crippen LogP contribution in [0.25, 0.3) is 0 Å². The third-order valence-electron chi connectivity index (χ3n) is 5.24. The van der Waals surface area contributed by atoms with Crippen LogP contribution in [0.15, 0.2) is 24.3 Å². The number of rotatable bonds is 4. The Balaban J connectivity index is 1.66. The van der Waals surface area contributed by atoms with Crippen molar-refractivity contribution in [1.82, 2.24) is 10.2 Å². The van der Waals surface area contributed by atoms with Crippen molar-refractivity contribution in [2.45, 2.75) is 38.5 Å². The quantitative estimate of drug-likeness (QED) is 0.802. The van der Waals surface area contributed by atoms with Crippen LogP contribution in [-0.4, -0.2) is 42.1 Å². The van der Waals surface area contributed by atoms with E-state index < -0.39 is 11.3 Å². The molecule has 0 unspecified atom stereocenters. The third kappa shape index (κ3) is 3.47. The number of carbonyl (C=O) groups is 4. The molecule has 1 heterocycles. The van der Waals surface area contributed by atoms with Gasteiger partial charge in [0.1, 0.15) is 6.54 Å². The van der Waals surface area contributed by atoms with Crippen LogP contribution in [0, 0.1) is 5.41 Å². The Bertz CT molecular complexity index is 753. The van der Waals surface area contributed by atoms with Crippen molar-refractivity contribution in [2.75, 3.05) is 18.9 Å². The van der Waals surface area contributed by atoms with Crippen molar-refractivity contribution < 1.29 is 19.2 Å². The van der Waals surface area contributed by atoms with Crippen molar-refractivity contribution in [1.29, 1.82) is 0 Å². The van der Waals surface area contributed by atoms with E-state index >= 15 is 0 Å². The maximum Gasteiger partial charge on any atom is 0.251 e. The molecule has 1 aliphatic heterocycles. The van der Waals surface area contributed by atoms with E-state index in [1.165, 1.54) is 7.05 Å². The van der Waals surface area contributed by atoms with E-state index in [1.807, 2.05) is 0 Å². The molecule has 7 nitrogen and oxygen atoms in total. The van der Waals surface area contributed by atoms with Crippen molar-refractivity contribution >= 4 is 29.3 Å². The van der Waals surface area contributed by atoms with Crippen molar-refractivity contribution in [2.24, 2.45) is 5.41 Å². The molecule has 4 amide bonds. The van der Waals surface area contributed by atoms with Gasteiger partial charge in [0.2, 0.25) is 17.7 Å². The molecule has 26 heavy (non-hydrogen) atoms. The summed E-state index contributed by atoms with van der Waals surface area (Å²) < 4.78 is 0. The SMILES string of the molecule is CNC(=O)c1cccc(NC(=O)CN2C(=O)CC3(CCCCC3)C2=O)c1. The summed E-state index contributed by atoms with van der Waals surface area (Å²) in [7, 11) is 1.53. The lowest BCUT2D eigenvalue weighted by atomic mass is 9.73. The van der Waals surface area contributed by atoms with Gasteiger partial charge in [-0.3, -0.25) is 24.1 Å². The summed E-state index contributed by atoms with van der Waals surface area (Å²) in [5, 5.41) is 5.17. The summed E-state index contributed by atoms with van der Waals surface area (Å²) in [5.74, 6) is -1.19. The highest BCUT2D eigenvalue weighted by molar-refractivity contribution is 6.09. The Labute approximate surface area is 152 Å². The second-order valence-electron chi connectivity index (χ2n) is 7.01. The Hall–Kier alpha value is -2.70. The normalized spacial score (nSPS) is 18.9. The second kappa shape index (κ2) is 7.27. The Morgan fingerprint density at radius 1 is 1.15 bits per heavy atom. The molecule has 1 aromatic rings. The zero-order chi connectivity index (χ0) is 18.7. The fourth-order valence-corrected chi connectivity index (χ4v) is 3.87. The number of imide groups is 1. The van der Waals surface area contributed by atoms with Gasteiger partial charge in [0.15, 0.2) is 0 Å². The highest BCUT2D eigenvalue weighted by atomic mass is 16.2. The highest BCUT2D eigenvalue weighted by Gasteiger charge is 2.51. The summed E-state index contributed by atoms with van der Waals surface area (Å²) in [6.07, 6.45) is 4.65. The molecule has 3 rings (SSSR count). The molecule has 2 aliphatic rings. The zero-order valence-corrected chi connectivity index (χ0v) is 14.8. The monoisotopic (exact) mass is 357 g/mol. The van der Waals surface area contributed by atoms with Gasteiger partial charge in [-0.1, -0.05) is 25.3 Å². The molecule has 1 spiro atoms. The van der Waals surface area contributed by atoms with Crippen molar-refractivity contribution in [3.8, 4) is 0 Å². The van der Waals surface area contributed by atoms with E-state index in [1.54, 1.807) is 24.3 Å². The van der Waals surface area contributed by atoms with Gasteiger partial charge < -0.3 is 10.6 Å². The van der Waals surface area contributed by atoms with Gasteiger partial charge in [0, 0.05) is 24.7 Å². The number of amides is 4. The number of carbonyl (C=O) groups excluding carboxylic acids is 4. The maximum absolute atomic E-state index is 12.7. The molecule has 7 heteroatoms. The molecular formula is C19H23N3O4. The first kappa shape index (κ1) is 18.1. The average molecular weight is 357 g/mol. The van der Waals surface area contributed by atoms with Gasteiger partial charge in [-0.05, 0) is 31.0 Å². The van der Waals surface area contributed by atoms with E-state index in [4.69, 9.17) is 0 Å². The van der Waals surface area contributed by atoms with Crippen LogP contribution >= 0.6 is 0 Å². The van der Waals surface area contributed by atoms with E-state index in [2.05, 4.69) is 10.6 Å². The van der Waals surface area contributed by atoms with Crippen LogP contribution in [0.4, 0.5) is 5.69 Å². The van der Waals surface area contributed by atoms with E-state index in [9.17, 15) is 19.2 Å². The molecule has 1 saturated heterocycles. The predicted molar refractivity (Wildman–Crippen MR) is 95.3 cm³/mol. The minimum absolute atomic E-state index is 0.212. The molecule has 1 saturated carbocycles.